The first-order valence-corrected chi connectivity index (χ1v) is 12.1. The van der Waals surface area contributed by atoms with E-state index in [0.717, 1.165) is 23.6 Å². The molecule has 4 rings (SSSR count). The van der Waals surface area contributed by atoms with Gasteiger partial charge in [-0.15, -0.1) is 0 Å². The number of hydrogen-bond acceptors (Lipinski definition) is 5. The largest absolute Gasteiger partial charge is 0.326 e. The summed E-state index contributed by atoms with van der Waals surface area (Å²) < 4.78 is 39.2. The van der Waals surface area contributed by atoms with E-state index in [9.17, 15) is 17.6 Å². The SMILES string of the molecule is CC(C)(C)c1cc(-c2cc(F)c[nH]c2=O)c2ncc(-c3ccc(NS(C)(=O)=O)cc3)nc2c1. The fourth-order valence-corrected chi connectivity index (χ4v) is 4.05. The number of aromatic nitrogens is 3. The molecule has 4 aromatic rings. The van der Waals surface area contributed by atoms with Crippen LogP contribution in [0.4, 0.5) is 10.1 Å². The van der Waals surface area contributed by atoms with E-state index in [1.54, 1.807) is 30.5 Å². The number of nitrogens with zero attached hydrogens (tertiary/aromatic N) is 2. The molecule has 0 aliphatic heterocycles. The van der Waals surface area contributed by atoms with Crippen molar-refractivity contribution >= 4 is 26.7 Å². The van der Waals surface area contributed by atoms with E-state index in [2.05, 4.69) is 14.7 Å². The van der Waals surface area contributed by atoms with Crippen molar-refractivity contribution in [3.63, 3.8) is 0 Å². The second kappa shape index (κ2) is 8.08. The standard InChI is InChI=1S/C24H23FN4O3S/c1-24(2,3)15-9-18(19-11-16(25)12-27-23(19)30)22-20(10-15)28-21(13-26-22)14-5-7-17(8-6-14)29-33(4,31)32/h5-13,29H,1-4H3,(H,27,30). The van der Waals surface area contributed by atoms with Crippen molar-refractivity contribution in [3.8, 4) is 22.4 Å². The second-order valence-corrected chi connectivity index (χ2v) is 10.7. The zero-order valence-electron chi connectivity index (χ0n) is 18.6. The van der Waals surface area contributed by atoms with E-state index >= 15 is 0 Å². The van der Waals surface area contributed by atoms with E-state index in [1.807, 2.05) is 32.9 Å². The fourth-order valence-electron chi connectivity index (χ4n) is 3.48. The van der Waals surface area contributed by atoms with Crippen molar-refractivity contribution in [1.29, 1.82) is 0 Å². The van der Waals surface area contributed by atoms with Gasteiger partial charge in [-0.3, -0.25) is 14.5 Å². The predicted octanol–water partition coefficient (Wildman–Crippen LogP) is 4.46. The molecule has 0 saturated carbocycles. The summed E-state index contributed by atoms with van der Waals surface area (Å²) in [5.74, 6) is -0.550. The van der Waals surface area contributed by atoms with Gasteiger partial charge in [-0.25, -0.2) is 17.8 Å². The summed E-state index contributed by atoms with van der Waals surface area (Å²) in [5.41, 5.74) is 3.77. The summed E-state index contributed by atoms with van der Waals surface area (Å²) in [6.07, 6.45) is 3.69. The highest BCUT2D eigenvalue weighted by atomic mass is 32.2. The molecule has 0 aliphatic rings. The molecule has 0 radical (unpaired) electrons. The van der Waals surface area contributed by atoms with Crippen LogP contribution in [0.2, 0.25) is 0 Å². The molecule has 2 aromatic heterocycles. The molecule has 2 N–H and O–H groups in total. The van der Waals surface area contributed by atoms with Crippen LogP contribution in [0.1, 0.15) is 26.3 Å². The van der Waals surface area contributed by atoms with Gasteiger partial charge >= 0.3 is 0 Å². The van der Waals surface area contributed by atoms with Gasteiger partial charge in [0.25, 0.3) is 5.56 Å². The lowest BCUT2D eigenvalue weighted by atomic mass is 9.85. The van der Waals surface area contributed by atoms with Gasteiger partial charge in [0, 0.05) is 23.0 Å². The summed E-state index contributed by atoms with van der Waals surface area (Å²) in [4.78, 5) is 24.2. The Balaban J connectivity index is 1.88. The van der Waals surface area contributed by atoms with Gasteiger partial charge in [0.2, 0.25) is 10.0 Å². The average molecular weight is 467 g/mol. The molecule has 0 unspecified atom stereocenters. The third-order valence-electron chi connectivity index (χ3n) is 5.15. The second-order valence-electron chi connectivity index (χ2n) is 8.91. The average Bonchev–Trinajstić information content (AvgIpc) is 2.73. The van der Waals surface area contributed by atoms with Crippen LogP contribution in [-0.4, -0.2) is 29.6 Å². The number of H-pyrrole nitrogens is 1. The number of rotatable bonds is 4. The predicted molar refractivity (Wildman–Crippen MR) is 128 cm³/mol. The van der Waals surface area contributed by atoms with Crippen molar-refractivity contribution < 1.29 is 12.8 Å². The van der Waals surface area contributed by atoms with Gasteiger partial charge in [0.05, 0.1) is 34.7 Å². The number of hydrogen-bond donors (Lipinski definition) is 2. The van der Waals surface area contributed by atoms with Crippen molar-refractivity contribution in [2.45, 2.75) is 26.2 Å². The number of aromatic amines is 1. The molecule has 0 amide bonds. The summed E-state index contributed by atoms with van der Waals surface area (Å²) in [6, 6.07) is 11.7. The number of fused-ring (bicyclic) bond motifs is 1. The Kier molecular flexibility index (Phi) is 5.53. The minimum Gasteiger partial charge on any atom is -0.326 e. The number of sulfonamides is 1. The fraction of sp³-hybridized carbons (Fsp3) is 0.208. The Labute approximate surface area is 190 Å². The minimum atomic E-state index is -3.37. The molecular formula is C24H23FN4O3S. The molecule has 2 aromatic carbocycles. The Hall–Kier alpha value is -3.59. The molecule has 0 saturated heterocycles. The summed E-state index contributed by atoms with van der Waals surface area (Å²) >= 11 is 0. The van der Waals surface area contributed by atoms with Crippen LogP contribution >= 0.6 is 0 Å². The van der Waals surface area contributed by atoms with Gasteiger partial charge in [-0.2, -0.15) is 0 Å². The van der Waals surface area contributed by atoms with Crippen molar-refractivity contribution in [1.82, 2.24) is 15.0 Å². The topological polar surface area (TPSA) is 105 Å². The lowest BCUT2D eigenvalue weighted by Crippen LogP contribution is -2.14. The highest BCUT2D eigenvalue weighted by molar-refractivity contribution is 7.92. The number of benzene rings is 2. The monoisotopic (exact) mass is 466 g/mol. The van der Waals surface area contributed by atoms with Crippen LogP contribution in [0, 0.1) is 5.82 Å². The van der Waals surface area contributed by atoms with Crippen LogP contribution < -0.4 is 10.3 Å². The quantitative estimate of drug-likeness (QED) is 0.462. The van der Waals surface area contributed by atoms with Crippen LogP contribution in [0.3, 0.4) is 0 Å². The van der Waals surface area contributed by atoms with Gasteiger partial charge < -0.3 is 4.98 Å². The van der Waals surface area contributed by atoms with Gasteiger partial charge in [0.1, 0.15) is 5.82 Å². The molecule has 0 fully saturated rings. The maximum absolute atomic E-state index is 13.9. The highest BCUT2D eigenvalue weighted by Gasteiger charge is 2.20. The molecule has 170 valence electrons. The Morgan fingerprint density at radius 1 is 1.03 bits per heavy atom. The Morgan fingerprint density at radius 2 is 1.73 bits per heavy atom. The zero-order chi connectivity index (χ0) is 24.0. The summed E-state index contributed by atoms with van der Waals surface area (Å²) in [7, 11) is -3.37. The zero-order valence-corrected chi connectivity index (χ0v) is 19.4. The number of halogens is 1. The lowest BCUT2D eigenvalue weighted by Gasteiger charge is -2.21. The van der Waals surface area contributed by atoms with E-state index < -0.39 is 21.4 Å². The first kappa shape index (κ1) is 22.6. The molecular weight excluding hydrogens is 443 g/mol. The molecule has 0 spiro atoms. The molecule has 0 aliphatic carbocycles. The Bertz CT molecular complexity index is 1520. The van der Waals surface area contributed by atoms with Gasteiger partial charge in [-0.05, 0) is 41.3 Å². The Morgan fingerprint density at radius 3 is 2.36 bits per heavy atom. The molecule has 7 nitrogen and oxygen atoms in total. The molecule has 0 atom stereocenters. The maximum atomic E-state index is 13.9. The van der Waals surface area contributed by atoms with Crippen molar-refractivity contribution in [3.05, 3.63) is 76.6 Å². The van der Waals surface area contributed by atoms with E-state index in [1.165, 1.54) is 6.07 Å². The first-order chi connectivity index (χ1) is 15.4. The van der Waals surface area contributed by atoms with Crippen molar-refractivity contribution in [2.75, 3.05) is 11.0 Å². The number of pyridine rings is 1. The van der Waals surface area contributed by atoms with Crippen LogP contribution in [-0.2, 0) is 15.4 Å². The van der Waals surface area contributed by atoms with E-state index in [-0.39, 0.29) is 11.0 Å². The molecule has 33 heavy (non-hydrogen) atoms. The smallest absolute Gasteiger partial charge is 0.256 e. The van der Waals surface area contributed by atoms with Crippen LogP contribution in [0.5, 0.6) is 0 Å². The first-order valence-electron chi connectivity index (χ1n) is 10.2. The molecule has 2 heterocycles. The molecule has 9 heteroatoms. The maximum Gasteiger partial charge on any atom is 0.256 e. The van der Waals surface area contributed by atoms with Gasteiger partial charge in [0.15, 0.2) is 0 Å². The van der Waals surface area contributed by atoms with Crippen LogP contribution in [0.15, 0.2) is 59.7 Å². The van der Waals surface area contributed by atoms with Crippen LogP contribution in [0.25, 0.3) is 33.4 Å². The van der Waals surface area contributed by atoms with E-state index in [4.69, 9.17) is 4.98 Å². The third kappa shape index (κ3) is 4.93. The molecule has 0 bridgehead atoms. The van der Waals surface area contributed by atoms with Crippen molar-refractivity contribution in [2.24, 2.45) is 0 Å². The summed E-state index contributed by atoms with van der Waals surface area (Å²) in [6.45, 7) is 6.12. The summed E-state index contributed by atoms with van der Waals surface area (Å²) in [5, 5.41) is 0. The third-order valence-corrected chi connectivity index (χ3v) is 5.76. The minimum absolute atomic E-state index is 0.185. The lowest BCUT2D eigenvalue weighted by molar-refractivity contribution is 0.591. The number of nitrogens with one attached hydrogen (secondary N) is 2. The normalized spacial score (nSPS) is 12.2. The van der Waals surface area contributed by atoms with E-state index in [0.29, 0.717) is 28.0 Å². The van der Waals surface area contributed by atoms with Gasteiger partial charge in [-0.1, -0.05) is 32.9 Å². The highest BCUT2D eigenvalue weighted by Crippen LogP contribution is 2.33. The number of anilines is 1.